The van der Waals surface area contributed by atoms with Crippen LogP contribution in [0.5, 0.6) is 0 Å². The van der Waals surface area contributed by atoms with E-state index in [2.05, 4.69) is 5.32 Å². The summed E-state index contributed by atoms with van der Waals surface area (Å²) < 4.78 is 26.8. The maximum Gasteiger partial charge on any atom is 0.243 e. The van der Waals surface area contributed by atoms with E-state index in [1.807, 2.05) is 13.8 Å². The highest BCUT2D eigenvalue weighted by atomic mass is 32.2. The molecule has 1 fully saturated rings. The van der Waals surface area contributed by atoms with Crippen LogP contribution in [0.1, 0.15) is 38.7 Å². The molecular weight excluding hydrogens is 300 g/mol. The van der Waals surface area contributed by atoms with E-state index in [9.17, 15) is 13.2 Å². The second-order valence-electron chi connectivity index (χ2n) is 5.69. The molecular formula is C16H24N2O3S. The van der Waals surface area contributed by atoms with Crippen molar-refractivity contribution in [3.05, 3.63) is 23.8 Å². The molecule has 0 aliphatic heterocycles. The molecule has 5 nitrogen and oxygen atoms in total. The van der Waals surface area contributed by atoms with Gasteiger partial charge in [0.05, 0.1) is 4.90 Å². The Morgan fingerprint density at radius 1 is 1.27 bits per heavy atom. The van der Waals surface area contributed by atoms with E-state index in [1.54, 1.807) is 25.1 Å². The number of nitrogens with zero attached hydrogens (tertiary/aromatic N) is 1. The summed E-state index contributed by atoms with van der Waals surface area (Å²) in [6.07, 6.45) is 2.93. The number of amides is 1. The molecule has 0 heterocycles. The van der Waals surface area contributed by atoms with Crippen LogP contribution in [0.25, 0.3) is 0 Å². The fourth-order valence-electron chi connectivity index (χ4n) is 2.57. The normalized spacial score (nSPS) is 15.6. The molecule has 1 N–H and O–H groups in total. The Morgan fingerprint density at radius 2 is 1.91 bits per heavy atom. The summed E-state index contributed by atoms with van der Waals surface area (Å²) in [5, 5.41) is 2.84. The molecule has 1 aliphatic rings. The SMILES string of the molecule is CCN(CC)S(=O)(=O)c1cc(NC(=O)C2CCC2)ccc1C. The molecule has 0 atom stereocenters. The number of hydrogen-bond donors (Lipinski definition) is 1. The van der Waals surface area contributed by atoms with Crippen molar-refractivity contribution in [3.63, 3.8) is 0 Å². The number of rotatable bonds is 6. The molecule has 0 aromatic heterocycles. The third-order valence-electron chi connectivity index (χ3n) is 4.25. The Morgan fingerprint density at radius 3 is 2.41 bits per heavy atom. The number of nitrogens with one attached hydrogen (secondary N) is 1. The molecule has 0 bridgehead atoms. The predicted octanol–water partition coefficient (Wildman–Crippen LogP) is 2.76. The number of anilines is 1. The smallest absolute Gasteiger partial charge is 0.243 e. The van der Waals surface area contributed by atoms with Crippen molar-refractivity contribution in [3.8, 4) is 0 Å². The second kappa shape index (κ2) is 6.79. The summed E-state index contributed by atoms with van der Waals surface area (Å²) in [4.78, 5) is 12.3. The van der Waals surface area contributed by atoms with Crippen molar-refractivity contribution >= 4 is 21.6 Å². The minimum absolute atomic E-state index is 0.0127. The maximum atomic E-state index is 12.7. The van der Waals surface area contributed by atoms with E-state index in [0.717, 1.165) is 19.3 Å². The van der Waals surface area contributed by atoms with Crippen LogP contribution in [-0.4, -0.2) is 31.7 Å². The van der Waals surface area contributed by atoms with Gasteiger partial charge in [-0.05, 0) is 37.5 Å². The average molecular weight is 324 g/mol. The largest absolute Gasteiger partial charge is 0.326 e. The lowest BCUT2D eigenvalue weighted by Gasteiger charge is -2.24. The van der Waals surface area contributed by atoms with Gasteiger partial charge in [0, 0.05) is 24.7 Å². The van der Waals surface area contributed by atoms with Gasteiger partial charge in [-0.25, -0.2) is 8.42 Å². The topological polar surface area (TPSA) is 66.5 Å². The second-order valence-corrected chi connectivity index (χ2v) is 7.59. The van der Waals surface area contributed by atoms with Gasteiger partial charge in [0.2, 0.25) is 15.9 Å². The third-order valence-corrected chi connectivity index (χ3v) is 6.45. The first-order valence-electron chi connectivity index (χ1n) is 7.81. The number of carbonyl (C=O) groups excluding carboxylic acids is 1. The summed E-state index contributed by atoms with van der Waals surface area (Å²) in [6.45, 7) is 6.26. The quantitative estimate of drug-likeness (QED) is 0.875. The van der Waals surface area contributed by atoms with Crippen LogP contribution in [0.2, 0.25) is 0 Å². The summed E-state index contributed by atoms with van der Waals surface area (Å²) in [5.74, 6) is 0.0606. The van der Waals surface area contributed by atoms with Gasteiger partial charge in [-0.1, -0.05) is 26.3 Å². The first-order valence-corrected chi connectivity index (χ1v) is 9.25. The van der Waals surface area contributed by atoms with Gasteiger partial charge >= 0.3 is 0 Å². The standard InChI is InChI=1S/C16H24N2O3S/c1-4-18(5-2)22(20,21)15-11-14(10-9-12(15)3)17-16(19)13-7-6-8-13/h9-11,13H,4-8H2,1-3H3,(H,17,19). The van der Waals surface area contributed by atoms with Gasteiger partial charge < -0.3 is 5.32 Å². The van der Waals surface area contributed by atoms with E-state index in [1.165, 1.54) is 4.31 Å². The van der Waals surface area contributed by atoms with Crippen LogP contribution in [0.4, 0.5) is 5.69 Å². The Kier molecular flexibility index (Phi) is 5.24. The van der Waals surface area contributed by atoms with Crippen LogP contribution in [-0.2, 0) is 14.8 Å². The van der Waals surface area contributed by atoms with Crippen molar-refractivity contribution in [2.75, 3.05) is 18.4 Å². The van der Waals surface area contributed by atoms with Crippen molar-refractivity contribution in [2.24, 2.45) is 5.92 Å². The molecule has 0 saturated heterocycles. The van der Waals surface area contributed by atoms with Gasteiger partial charge in [-0.3, -0.25) is 4.79 Å². The summed E-state index contributed by atoms with van der Waals surface area (Å²) in [7, 11) is -3.52. The summed E-state index contributed by atoms with van der Waals surface area (Å²) in [5.41, 5.74) is 1.24. The van der Waals surface area contributed by atoms with Gasteiger partial charge in [-0.2, -0.15) is 4.31 Å². The van der Waals surface area contributed by atoms with Crippen LogP contribution in [0, 0.1) is 12.8 Å². The lowest BCUT2D eigenvalue weighted by atomic mass is 9.85. The zero-order valence-corrected chi connectivity index (χ0v) is 14.2. The molecule has 0 unspecified atom stereocenters. The van der Waals surface area contributed by atoms with Gasteiger partial charge in [0.25, 0.3) is 0 Å². The summed E-state index contributed by atoms with van der Waals surface area (Å²) >= 11 is 0. The number of aryl methyl sites for hydroxylation is 1. The molecule has 0 radical (unpaired) electrons. The molecule has 1 saturated carbocycles. The molecule has 1 amide bonds. The predicted molar refractivity (Wildman–Crippen MR) is 87.3 cm³/mol. The Bertz CT molecular complexity index is 647. The van der Waals surface area contributed by atoms with Crippen molar-refractivity contribution in [1.29, 1.82) is 0 Å². The molecule has 1 aromatic rings. The maximum absolute atomic E-state index is 12.7. The van der Waals surface area contributed by atoms with Crippen LogP contribution in [0.3, 0.4) is 0 Å². The molecule has 1 aromatic carbocycles. The fraction of sp³-hybridized carbons (Fsp3) is 0.562. The van der Waals surface area contributed by atoms with Crippen LogP contribution in [0.15, 0.2) is 23.1 Å². The minimum Gasteiger partial charge on any atom is -0.326 e. The average Bonchev–Trinajstić information content (AvgIpc) is 2.39. The van der Waals surface area contributed by atoms with Crippen molar-refractivity contribution < 1.29 is 13.2 Å². The van der Waals surface area contributed by atoms with Gasteiger partial charge in [0.15, 0.2) is 0 Å². The van der Waals surface area contributed by atoms with Gasteiger partial charge in [-0.15, -0.1) is 0 Å². The minimum atomic E-state index is -3.52. The molecule has 2 rings (SSSR count). The van der Waals surface area contributed by atoms with Crippen molar-refractivity contribution in [1.82, 2.24) is 4.31 Å². The Hall–Kier alpha value is -1.40. The van der Waals surface area contributed by atoms with Crippen LogP contribution < -0.4 is 5.32 Å². The highest BCUT2D eigenvalue weighted by Gasteiger charge is 2.27. The van der Waals surface area contributed by atoms with E-state index in [4.69, 9.17) is 0 Å². The number of sulfonamides is 1. The highest BCUT2D eigenvalue weighted by molar-refractivity contribution is 7.89. The Balaban J connectivity index is 2.28. The molecule has 22 heavy (non-hydrogen) atoms. The molecule has 6 heteroatoms. The monoisotopic (exact) mass is 324 g/mol. The lowest BCUT2D eigenvalue weighted by molar-refractivity contribution is -0.122. The Labute approximate surface area is 132 Å². The zero-order valence-electron chi connectivity index (χ0n) is 13.4. The lowest BCUT2D eigenvalue weighted by Crippen LogP contribution is -2.31. The molecule has 1 aliphatic carbocycles. The van der Waals surface area contributed by atoms with E-state index in [0.29, 0.717) is 24.3 Å². The third kappa shape index (κ3) is 3.33. The number of carbonyl (C=O) groups is 1. The highest BCUT2D eigenvalue weighted by Crippen LogP contribution is 2.29. The first-order chi connectivity index (χ1) is 10.4. The zero-order chi connectivity index (χ0) is 16.3. The molecule has 122 valence electrons. The van der Waals surface area contributed by atoms with E-state index >= 15 is 0 Å². The van der Waals surface area contributed by atoms with E-state index < -0.39 is 10.0 Å². The fourth-order valence-corrected chi connectivity index (χ4v) is 4.28. The van der Waals surface area contributed by atoms with Gasteiger partial charge in [0.1, 0.15) is 0 Å². The van der Waals surface area contributed by atoms with Crippen molar-refractivity contribution in [2.45, 2.75) is 44.9 Å². The van der Waals surface area contributed by atoms with E-state index in [-0.39, 0.29) is 16.7 Å². The number of hydrogen-bond acceptors (Lipinski definition) is 3. The number of benzene rings is 1. The first kappa shape index (κ1) is 17.0. The van der Waals surface area contributed by atoms with Crippen LogP contribution >= 0.6 is 0 Å². The summed E-state index contributed by atoms with van der Waals surface area (Å²) in [6, 6.07) is 5.07. The molecule has 0 spiro atoms.